The Morgan fingerprint density at radius 3 is 2.67 bits per heavy atom. The van der Waals surface area contributed by atoms with Gasteiger partial charge in [0.05, 0.1) is 0 Å². The molecule has 2 rings (SSSR count). The van der Waals surface area contributed by atoms with Crippen LogP contribution in [0.5, 0.6) is 0 Å². The number of rotatable bonds is 4. The van der Waals surface area contributed by atoms with E-state index in [9.17, 15) is 0 Å². The Bertz CT molecular complexity index is 189. The third kappa shape index (κ3) is 3.46. The zero-order valence-corrected chi connectivity index (χ0v) is 10.3. The highest BCUT2D eigenvalue weighted by atomic mass is 15.1. The van der Waals surface area contributed by atoms with E-state index in [1.54, 1.807) is 0 Å². The number of nitrogens with one attached hydrogen (secondary N) is 1. The molecule has 2 fully saturated rings. The third-order valence-corrected chi connectivity index (χ3v) is 4.06. The Kier molecular flexibility index (Phi) is 4.04. The lowest BCUT2D eigenvalue weighted by Crippen LogP contribution is -2.47. The largest absolute Gasteiger partial charge is 0.310 e. The van der Waals surface area contributed by atoms with E-state index in [0.717, 1.165) is 18.0 Å². The van der Waals surface area contributed by atoms with E-state index in [1.807, 2.05) is 0 Å². The summed E-state index contributed by atoms with van der Waals surface area (Å²) in [7, 11) is 2.24. The minimum Gasteiger partial charge on any atom is -0.310 e. The highest BCUT2D eigenvalue weighted by Gasteiger charge is 2.23. The fourth-order valence-corrected chi connectivity index (χ4v) is 3.00. The number of hydrogen-bond acceptors (Lipinski definition) is 2. The molecule has 0 aromatic carbocycles. The quantitative estimate of drug-likeness (QED) is 0.765. The van der Waals surface area contributed by atoms with E-state index in [4.69, 9.17) is 0 Å². The van der Waals surface area contributed by atoms with Gasteiger partial charge in [0.1, 0.15) is 0 Å². The van der Waals surface area contributed by atoms with E-state index in [1.165, 1.54) is 51.6 Å². The van der Waals surface area contributed by atoms with Crippen LogP contribution in [0.1, 0.15) is 45.4 Å². The fourth-order valence-electron chi connectivity index (χ4n) is 3.00. The summed E-state index contributed by atoms with van der Waals surface area (Å²) >= 11 is 0. The van der Waals surface area contributed by atoms with Gasteiger partial charge < -0.3 is 10.2 Å². The second-order valence-electron chi connectivity index (χ2n) is 5.70. The van der Waals surface area contributed by atoms with Crippen LogP contribution in [0.2, 0.25) is 0 Å². The highest BCUT2D eigenvalue weighted by Crippen LogP contribution is 2.30. The smallest absolute Gasteiger partial charge is 0.0197 e. The van der Waals surface area contributed by atoms with Crippen LogP contribution >= 0.6 is 0 Å². The van der Waals surface area contributed by atoms with Crippen molar-refractivity contribution in [3.63, 3.8) is 0 Å². The van der Waals surface area contributed by atoms with Crippen molar-refractivity contribution in [3.05, 3.63) is 0 Å². The molecule has 0 spiro atoms. The molecule has 2 atom stereocenters. The second-order valence-corrected chi connectivity index (χ2v) is 5.70. The van der Waals surface area contributed by atoms with Crippen molar-refractivity contribution < 1.29 is 0 Å². The van der Waals surface area contributed by atoms with Crippen molar-refractivity contribution in [1.82, 2.24) is 10.2 Å². The molecule has 0 amide bonds. The summed E-state index contributed by atoms with van der Waals surface area (Å²) in [5.41, 5.74) is 0. The van der Waals surface area contributed by atoms with Crippen LogP contribution in [0.4, 0.5) is 0 Å². The van der Waals surface area contributed by atoms with Crippen LogP contribution in [0.3, 0.4) is 0 Å². The first-order chi connectivity index (χ1) is 7.24. The van der Waals surface area contributed by atoms with Crippen LogP contribution in [0, 0.1) is 5.92 Å². The van der Waals surface area contributed by atoms with Gasteiger partial charge in [-0.05, 0) is 45.7 Å². The second kappa shape index (κ2) is 5.31. The van der Waals surface area contributed by atoms with E-state index in [-0.39, 0.29) is 0 Å². The molecule has 0 aromatic rings. The molecule has 15 heavy (non-hydrogen) atoms. The standard InChI is InChI=1S/C13H26N2/c1-11(9-12-5-3-6-12)14-13-7-4-8-15(2)10-13/h11-14H,3-10H2,1-2H3. The number of likely N-dealkylation sites (tertiary alicyclic amines) is 1. The number of nitrogens with zero attached hydrogens (tertiary/aromatic N) is 1. The molecular weight excluding hydrogens is 184 g/mol. The van der Waals surface area contributed by atoms with E-state index in [0.29, 0.717) is 0 Å². The molecule has 1 aliphatic carbocycles. The Morgan fingerprint density at radius 2 is 2.07 bits per heavy atom. The van der Waals surface area contributed by atoms with Gasteiger partial charge in [-0.3, -0.25) is 0 Å². The predicted octanol–water partition coefficient (Wildman–Crippen LogP) is 2.25. The Balaban J connectivity index is 1.65. The van der Waals surface area contributed by atoms with Crippen LogP contribution < -0.4 is 5.32 Å². The van der Waals surface area contributed by atoms with Gasteiger partial charge in [0.15, 0.2) is 0 Å². The van der Waals surface area contributed by atoms with Crippen molar-refractivity contribution in [3.8, 4) is 0 Å². The highest BCUT2D eigenvalue weighted by molar-refractivity contribution is 4.81. The van der Waals surface area contributed by atoms with Crippen molar-refractivity contribution in [2.24, 2.45) is 5.92 Å². The van der Waals surface area contributed by atoms with Gasteiger partial charge in [-0.15, -0.1) is 0 Å². The van der Waals surface area contributed by atoms with Gasteiger partial charge in [-0.2, -0.15) is 0 Å². The summed E-state index contributed by atoms with van der Waals surface area (Å²) in [4.78, 5) is 2.46. The summed E-state index contributed by atoms with van der Waals surface area (Å²) < 4.78 is 0. The average molecular weight is 210 g/mol. The normalized spacial score (nSPS) is 31.2. The Hall–Kier alpha value is -0.0800. The van der Waals surface area contributed by atoms with Crippen LogP contribution in [-0.4, -0.2) is 37.1 Å². The maximum absolute atomic E-state index is 3.81. The van der Waals surface area contributed by atoms with E-state index < -0.39 is 0 Å². The molecule has 2 heteroatoms. The minimum atomic E-state index is 0.729. The predicted molar refractivity (Wildman–Crippen MR) is 65.1 cm³/mol. The summed E-state index contributed by atoms with van der Waals surface area (Å²) in [6, 6.07) is 1.48. The summed E-state index contributed by atoms with van der Waals surface area (Å²) in [6.07, 6.45) is 8.58. The molecule has 2 aliphatic rings. The van der Waals surface area contributed by atoms with Crippen molar-refractivity contribution in [2.45, 2.75) is 57.5 Å². The van der Waals surface area contributed by atoms with Gasteiger partial charge >= 0.3 is 0 Å². The van der Waals surface area contributed by atoms with Crippen molar-refractivity contribution in [2.75, 3.05) is 20.1 Å². The molecule has 1 heterocycles. The first-order valence-electron chi connectivity index (χ1n) is 6.68. The maximum atomic E-state index is 3.81. The lowest BCUT2D eigenvalue weighted by molar-refractivity contribution is 0.200. The Labute approximate surface area is 94.4 Å². The van der Waals surface area contributed by atoms with Crippen LogP contribution in [0.25, 0.3) is 0 Å². The summed E-state index contributed by atoms with van der Waals surface area (Å²) in [5, 5.41) is 3.81. The first-order valence-corrected chi connectivity index (χ1v) is 6.68. The van der Waals surface area contributed by atoms with Gasteiger partial charge in [-0.25, -0.2) is 0 Å². The van der Waals surface area contributed by atoms with Crippen LogP contribution in [0.15, 0.2) is 0 Å². The van der Waals surface area contributed by atoms with Gasteiger partial charge in [0, 0.05) is 18.6 Å². The topological polar surface area (TPSA) is 15.3 Å². The molecule has 1 N–H and O–H groups in total. The summed E-state index contributed by atoms with van der Waals surface area (Å²) in [5.74, 6) is 1.04. The molecule has 2 unspecified atom stereocenters. The van der Waals surface area contributed by atoms with Gasteiger partial charge in [0.25, 0.3) is 0 Å². The minimum absolute atomic E-state index is 0.729. The monoisotopic (exact) mass is 210 g/mol. The zero-order chi connectivity index (χ0) is 10.7. The molecular formula is C13H26N2. The molecule has 0 radical (unpaired) electrons. The molecule has 0 aromatic heterocycles. The number of likely N-dealkylation sites (N-methyl/N-ethyl adjacent to an activating group) is 1. The molecule has 2 nitrogen and oxygen atoms in total. The van der Waals surface area contributed by atoms with Crippen LogP contribution in [-0.2, 0) is 0 Å². The third-order valence-electron chi connectivity index (χ3n) is 4.06. The van der Waals surface area contributed by atoms with Crippen molar-refractivity contribution in [1.29, 1.82) is 0 Å². The van der Waals surface area contributed by atoms with Gasteiger partial charge in [-0.1, -0.05) is 19.3 Å². The Morgan fingerprint density at radius 1 is 1.27 bits per heavy atom. The van der Waals surface area contributed by atoms with E-state index in [2.05, 4.69) is 24.2 Å². The number of hydrogen-bond donors (Lipinski definition) is 1. The molecule has 88 valence electrons. The summed E-state index contributed by atoms with van der Waals surface area (Å²) in [6.45, 7) is 4.90. The molecule has 1 aliphatic heterocycles. The fraction of sp³-hybridized carbons (Fsp3) is 1.00. The van der Waals surface area contributed by atoms with Gasteiger partial charge in [0.2, 0.25) is 0 Å². The maximum Gasteiger partial charge on any atom is 0.0197 e. The molecule has 1 saturated carbocycles. The zero-order valence-electron chi connectivity index (χ0n) is 10.3. The first kappa shape index (κ1) is 11.4. The molecule has 0 bridgehead atoms. The number of piperidine rings is 1. The van der Waals surface area contributed by atoms with Crippen molar-refractivity contribution >= 4 is 0 Å². The molecule has 1 saturated heterocycles. The van der Waals surface area contributed by atoms with E-state index >= 15 is 0 Å². The lowest BCUT2D eigenvalue weighted by atomic mass is 9.81. The SMILES string of the molecule is CC(CC1CCC1)NC1CCCN(C)C1. The lowest BCUT2D eigenvalue weighted by Gasteiger charge is -2.34. The average Bonchev–Trinajstić information content (AvgIpc) is 2.11.